The van der Waals surface area contributed by atoms with Crippen molar-refractivity contribution in [2.75, 3.05) is 0 Å². The van der Waals surface area contributed by atoms with Crippen molar-refractivity contribution in [1.82, 2.24) is 5.16 Å². The number of aryl methyl sites for hydroxylation is 2. The highest BCUT2D eigenvalue weighted by molar-refractivity contribution is 5.72. The van der Waals surface area contributed by atoms with Gasteiger partial charge in [-0.25, -0.2) is 0 Å². The molecule has 0 saturated carbocycles. The molecule has 0 amide bonds. The summed E-state index contributed by atoms with van der Waals surface area (Å²) in [6.07, 6.45) is 2.95. The smallest absolute Gasteiger partial charge is 0.320 e. The molecule has 0 fully saturated rings. The van der Waals surface area contributed by atoms with Crippen LogP contribution in [0.15, 0.2) is 4.52 Å². The maximum absolute atomic E-state index is 10.5. The summed E-state index contributed by atoms with van der Waals surface area (Å²) in [4.78, 5) is 10.5. The van der Waals surface area contributed by atoms with E-state index in [1.165, 1.54) is 0 Å². The van der Waals surface area contributed by atoms with Crippen LogP contribution in [0.2, 0.25) is 0 Å². The minimum Gasteiger partial charge on any atom is -0.480 e. The third kappa shape index (κ3) is 3.34. The highest BCUT2D eigenvalue weighted by Crippen LogP contribution is 2.15. The van der Waals surface area contributed by atoms with E-state index in [2.05, 4.69) is 5.16 Å². The van der Waals surface area contributed by atoms with Crippen LogP contribution in [-0.4, -0.2) is 22.3 Å². The van der Waals surface area contributed by atoms with Gasteiger partial charge < -0.3 is 15.4 Å². The third-order valence-corrected chi connectivity index (χ3v) is 2.74. The van der Waals surface area contributed by atoms with Crippen molar-refractivity contribution in [3.8, 4) is 0 Å². The number of nitrogens with zero attached hydrogens (tertiary/aromatic N) is 1. The molecule has 0 aliphatic heterocycles. The van der Waals surface area contributed by atoms with Crippen molar-refractivity contribution in [2.24, 2.45) is 5.73 Å². The van der Waals surface area contributed by atoms with Gasteiger partial charge in [0, 0.05) is 12.0 Å². The van der Waals surface area contributed by atoms with Crippen LogP contribution in [0.4, 0.5) is 0 Å². The molecule has 1 atom stereocenters. The minimum atomic E-state index is -0.938. The average Bonchev–Trinajstić information content (AvgIpc) is 2.55. The van der Waals surface area contributed by atoms with Gasteiger partial charge in [-0.3, -0.25) is 4.79 Å². The second kappa shape index (κ2) is 5.65. The molecule has 0 aromatic carbocycles. The van der Waals surface area contributed by atoms with E-state index in [0.717, 1.165) is 36.3 Å². The number of hydrogen-bond donors (Lipinski definition) is 2. The predicted octanol–water partition coefficient (Wildman–Crippen LogP) is 1.42. The molecule has 90 valence electrons. The van der Waals surface area contributed by atoms with Gasteiger partial charge in [-0.1, -0.05) is 11.6 Å². The van der Waals surface area contributed by atoms with Gasteiger partial charge in [-0.15, -0.1) is 0 Å². The van der Waals surface area contributed by atoms with Crippen LogP contribution in [0.3, 0.4) is 0 Å². The highest BCUT2D eigenvalue weighted by atomic mass is 16.5. The fraction of sp³-hybridized carbons (Fsp3) is 0.636. The number of carbonyl (C=O) groups is 1. The van der Waals surface area contributed by atoms with E-state index in [1.807, 2.05) is 13.8 Å². The van der Waals surface area contributed by atoms with Crippen molar-refractivity contribution in [3.63, 3.8) is 0 Å². The molecule has 0 radical (unpaired) electrons. The molecule has 1 aromatic heterocycles. The molecule has 0 saturated heterocycles. The molecule has 0 bridgehead atoms. The largest absolute Gasteiger partial charge is 0.480 e. The summed E-state index contributed by atoms with van der Waals surface area (Å²) >= 11 is 0. The van der Waals surface area contributed by atoms with Crippen LogP contribution in [0.25, 0.3) is 0 Å². The van der Waals surface area contributed by atoms with Crippen LogP contribution in [0, 0.1) is 13.8 Å². The normalized spacial score (nSPS) is 12.7. The first-order valence-corrected chi connectivity index (χ1v) is 5.42. The van der Waals surface area contributed by atoms with Gasteiger partial charge in [0.25, 0.3) is 0 Å². The molecule has 1 heterocycles. The number of unbranched alkanes of at least 4 members (excludes halogenated alkanes) is 1. The molecular weight excluding hydrogens is 208 g/mol. The Morgan fingerprint density at radius 2 is 2.19 bits per heavy atom. The van der Waals surface area contributed by atoms with Crippen molar-refractivity contribution in [3.05, 3.63) is 17.0 Å². The number of hydrogen-bond acceptors (Lipinski definition) is 4. The van der Waals surface area contributed by atoms with Crippen molar-refractivity contribution >= 4 is 5.97 Å². The number of nitrogens with two attached hydrogens (primary N) is 1. The molecule has 1 rings (SSSR count). The Morgan fingerprint density at radius 3 is 2.69 bits per heavy atom. The number of aliphatic carboxylic acids is 1. The first kappa shape index (κ1) is 12.7. The number of rotatable bonds is 6. The van der Waals surface area contributed by atoms with E-state index in [4.69, 9.17) is 15.4 Å². The standard InChI is InChI=1S/C11H18N2O3/c1-7-8(2)13-16-10(7)6-4-3-5-9(12)11(14)15/h9H,3-6,12H2,1-2H3,(H,14,15)/t9-/m0/s1. The van der Waals surface area contributed by atoms with Crippen LogP contribution >= 0.6 is 0 Å². The maximum atomic E-state index is 10.5. The Kier molecular flexibility index (Phi) is 4.49. The Bertz CT molecular complexity index is 360. The second-order valence-corrected chi connectivity index (χ2v) is 4.01. The molecule has 5 nitrogen and oxygen atoms in total. The summed E-state index contributed by atoms with van der Waals surface area (Å²) in [6, 6.07) is -0.752. The van der Waals surface area contributed by atoms with E-state index in [1.54, 1.807) is 0 Å². The van der Waals surface area contributed by atoms with Crippen LogP contribution in [0.5, 0.6) is 0 Å². The second-order valence-electron chi connectivity index (χ2n) is 4.01. The zero-order chi connectivity index (χ0) is 12.1. The molecule has 1 aromatic rings. The van der Waals surface area contributed by atoms with E-state index >= 15 is 0 Å². The van der Waals surface area contributed by atoms with Gasteiger partial charge in [0.2, 0.25) is 0 Å². The Hall–Kier alpha value is -1.36. The summed E-state index contributed by atoms with van der Waals surface area (Å²) in [5.41, 5.74) is 7.39. The summed E-state index contributed by atoms with van der Waals surface area (Å²) in [7, 11) is 0. The zero-order valence-electron chi connectivity index (χ0n) is 9.69. The Morgan fingerprint density at radius 1 is 1.50 bits per heavy atom. The lowest BCUT2D eigenvalue weighted by Gasteiger charge is -2.04. The van der Waals surface area contributed by atoms with Gasteiger partial charge in [-0.2, -0.15) is 0 Å². The summed E-state index contributed by atoms with van der Waals surface area (Å²) < 4.78 is 5.15. The lowest BCUT2D eigenvalue weighted by atomic mass is 10.1. The average molecular weight is 226 g/mol. The number of aromatic nitrogens is 1. The molecule has 0 aliphatic carbocycles. The van der Waals surface area contributed by atoms with Gasteiger partial charge >= 0.3 is 5.97 Å². The predicted molar refractivity (Wildman–Crippen MR) is 59.1 cm³/mol. The monoisotopic (exact) mass is 226 g/mol. The highest BCUT2D eigenvalue weighted by Gasteiger charge is 2.11. The van der Waals surface area contributed by atoms with Crippen molar-refractivity contribution < 1.29 is 14.4 Å². The van der Waals surface area contributed by atoms with Crippen LogP contribution < -0.4 is 5.73 Å². The number of carboxylic acids is 1. The SMILES string of the molecule is Cc1noc(CCCC[C@H](N)C(=O)O)c1C. The topological polar surface area (TPSA) is 89.4 Å². The van der Waals surface area contributed by atoms with E-state index in [0.29, 0.717) is 6.42 Å². The van der Waals surface area contributed by atoms with E-state index in [9.17, 15) is 4.79 Å². The van der Waals surface area contributed by atoms with Gasteiger partial charge in [0.05, 0.1) is 5.69 Å². The summed E-state index contributed by atoms with van der Waals surface area (Å²) in [5, 5.41) is 12.5. The van der Waals surface area contributed by atoms with Crippen molar-refractivity contribution in [1.29, 1.82) is 0 Å². The molecule has 3 N–H and O–H groups in total. The van der Waals surface area contributed by atoms with Gasteiger partial charge in [-0.05, 0) is 26.7 Å². The lowest BCUT2D eigenvalue weighted by molar-refractivity contribution is -0.138. The third-order valence-electron chi connectivity index (χ3n) is 2.74. The Labute approximate surface area is 94.6 Å². The summed E-state index contributed by atoms with van der Waals surface area (Å²) in [6.45, 7) is 3.88. The molecule has 0 aliphatic rings. The fourth-order valence-electron chi connectivity index (χ4n) is 1.47. The Balaban J connectivity index is 2.26. The van der Waals surface area contributed by atoms with Crippen LogP contribution in [0.1, 0.15) is 36.3 Å². The van der Waals surface area contributed by atoms with Gasteiger partial charge in [0.1, 0.15) is 11.8 Å². The molecule has 0 spiro atoms. The quantitative estimate of drug-likeness (QED) is 0.716. The zero-order valence-corrected chi connectivity index (χ0v) is 9.69. The van der Waals surface area contributed by atoms with Crippen LogP contribution in [-0.2, 0) is 11.2 Å². The molecule has 0 unspecified atom stereocenters. The summed E-state index contributed by atoms with van der Waals surface area (Å²) in [5.74, 6) is -0.0481. The molecule has 5 heteroatoms. The van der Waals surface area contributed by atoms with Crippen molar-refractivity contribution in [2.45, 2.75) is 45.6 Å². The minimum absolute atomic E-state index is 0.501. The fourth-order valence-corrected chi connectivity index (χ4v) is 1.47. The first-order valence-electron chi connectivity index (χ1n) is 5.42. The van der Waals surface area contributed by atoms with E-state index in [-0.39, 0.29) is 0 Å². The first-order chi connectivity index (χ1) is 7.52. The molecular formula is C11H18N2O3. The van der Waals surface area contributed by atoms with Gasteiger partial charge in [0.15, 0.2) is 0 Å². The van der Waals surface area contributed by atoms with E-state index < -0.39 is 12.0 Å². The molecule has 16 heavy (non-hydrogen) atoms. The number of carboxylic acid groups (broad SMARTS) is 1. The lowest BCUT2D eigenvalue weighted by Crippen LogP contribution is -2.29. The maximum Gasteiger partial charge on any atom is 0.320 e.